The predicted molar refractivity (Wildman–Crippen MR) is 131 cm³/mol. The molecule has 9 heteroatoms. The second kappa shape index (κ2) is 7.91. The number of aromatic nitrogens is 2. The van der Waals surface area contributed by atoms with Crippen molar-refractivity contribution in [3.8, 4) is 17.2 Å². The van der Waals surface area contributed by atoms with Crippen LogP contribution >= 0.6 is 0 Å². The second-order valence-electron chi connectivity index (χ2n) is 10.5. The second-order valence-corrected chi connectivity index (χ2v) is 10.5. The van der Waals surface area contributed by atoms with Crippen molar-refractivity contribution in [3.63, 3.8) is 0 Å². The molecule has 1 aromatic heterocycles. The Hall–Kier alpha value is -3.20. The summed E-state index contributed by atoms with van der Waals surface area (Å²) in [6, 6.07) is 4.13. The van der Waals surface area contributed by atoms with Crippen LogP contribution in [0.2, 0.25) is 0 Å². The number of nitrogens with zero attached hydrogens (tertiary/aromatic N) is 5. The number of imidazole rings is 1. The number of carbonyl (C=O) groups excluding carboxylic acids is 1. The Bertz CT molecular complexity index is 1310. The molecule has 1 saturated heterocycles. The predicted octanol–water partition coefficient (Wildman–Crippen LogP) is 2.59. The van der Waals surface area contributed by atoms with E-state index >= 15 is 0 Å². The van der Waals surface area contributed by atoms with Crippen LogP contribution in [0.3, 0.4) is 0 Å². The van der Waals surface area contributed by atoms with E-state index in [1.807, 2.05) is 50.4 Å². The molecule has 9 nitrogen and oxygen atoms in total. The molecular formula is C26H32N5O4+. The number of hydrazone groups is 1. The van der Waals surface area contributed by atoms with Crippen molar-refractivity contribution in [2.45, 2.75) is 58.6 Å². The highest BCUT2D eigenvalue weighted by molar-refractivity contribution is 6.10. The molecule has 0 spiro atoms. The summed E-state index contributed by atoms with van der Waals surface area (Å²) in [5.74, 6) is 2.24. The van der Waals surface area contributed by atoms with E-state index in [1.165, 1.54) is 0 Å². The van der Waals surface area contributed by atoms with E-state index < -0.39 is 5.54 Å². The average Bonchev–Trinajstić information content (AvgIpc) is 3.36. The molecule has 1 atom stereocenters. The Kier molecular flexibility index (Phi) is 5.03. The van der Waals surface area contributed by atoms with Gasteiger partial charge in [-0.2, -0.15) is 0 Å². The van der Waals surface area contributed by atoms with Crippen LogP contribution in [-0.2, 0) is 17.6 Å². The summed E-state index contributed by atoms with van der Waals surface area (Å²) in [4.78, 5) is 20.9. The molecule has 0 bridgehead atoms. The minimum absolute atomic E-state index is 0.0158. The number of fused-ring (bicyclic) bond motifs is 4. The van der Waals surface area contributed by atoms with E-state index in [0.717, 1.165) is 58.5 Å². The summed E-state index contributed by atoms with van der Waals surface area (Å²) in [6.07, 6.45) is 2.21. The third-order valence-corrected chi connectivity index (χ3v) is 7.28. The van der Waals surface area contributed by atoms with Gasteiger partial charge in [-0.25, -0.2) is 4.98 Å². The number of aryl methyl sites for hydroxylation is 1. The van der Waals surface area contributed by atoms with Crippen LogP contribution < -0.4 is 9.47 Å². The lowest BCUT2D eigenvalue weighted by atomic mass is 9.97. The van der Waals surface area contributed by atoms with Crippen LogP contribution in [0.1, 0.15) is 61.7 Å². The molecule has 0 radical (unpaired) electrons. The lowest BCUT2D eigenvalue weighted by molar-refractivity contribution is -0.499. The fourth-order valence-electron chi connectivity index (χ4n) is 5.52. The Labute approximate surface area is 205 Å². The quantitative estimate of drug-likeness (QED) is 0.620. The van der Waals surface area contributed by atoms with Gasteiger partial charge in [-0.15, -0.1) is 0 Å². The van der Waals surface area contributed by atoms with Gasteiger partial charge in [0.1, 0.15) is 12.7 Å². The monoisotopic (exact) mass is 478 g/mol. The maximum absolute atomic E-state index is 13.9. The van der Waals surface area contributed by atoms with Crippen LogP contribution in [0.4, 0.5) is 0 Å². The summed E-state index contributed by atoms with van der Waals surface area (Å²) < 4.78 is 21.7. The molecule has 1 unspecified atom stereocenters. The Morgan fingerprint density at radius 2 is 2.06 bits per heavy atom. The lowest BCUT2D eigenvalue weighted by Gasteiger charge is -2.41. The highest BCUT2D eigenvalue weighted by Crippen LogP contribution is 2.40. The minimum atomic E-state index is -0.393. The first-order valence-electron chi connectivity index (χ1n) is 12.3. The molecule has 2 aromatic rings. The summed E-state index contributed by atoms with van der Waals surface area (Å²) in [6.45, 7) is 10.3. The first-order chi connectivity index (χ1) is 16.7. The van der Waals surface area contributed by atoms with Crippen molar-refractivity contribution in [2.24, 2.45) is 5.10 Å². The van der Waals surface area contributed by atoms with Gasteiger partial charge in [-0.1, -0.05) is 4.68 Å². The van der Waals surface area contributed by atoms with Gasteiger partial charge < -0.3 is 19.1 Å². The van der Waals surface area contributed by atoms with E-state index in [2.05, 4.69) is 15.7 Å². The van der Waals surface area contributed by atoms with Gasteiger partial charge in [-0.05, 0) is 57.3 Å². The van der Waals surface area contributed by atoms with Gasteiger partial charge in [0.05, 0.1) is 42.3 Å². The highest BCUT2D eigenvalue weighted by atomic mass is 16.6. The Morgan fingerprint density at radius 3 is 2.80 bits per heavy atom. The number of hydrogen-bond donors (Lipinski definition) is 0. The molecule has 4 aliphatic rings. The molecular weight excluding hydrogens is 446 g/mol. The number of morpholine rings is 1. The van der Waals surface area contributed by atoms with Crippen molar-refractivity contribution in [1.82, 2.24) is 14.5 Å². The first kappa shape index (κ1) is 22.3. The summed E-state index contributed by atoms with van der Waals surface area (Å²) in [5.41, 5.74) is 5.24. The van der Waals surface area contributed by atoms with E-state index in [1.54, 1.807) is 0 Å². The smallest absolute Gasteiger partial charge is 0.274 e. The van der Waals surface area contributed by atoms with Crippen molar-refractivity contribution >= 4 is 17.3 Å². The van der Waals surface area contributed by atoms with Crippen molar-refractivity contribution in [1.29, 1.82) is 0 Å². The average molecular weight is 479 g/mol. The number of benzene rings is 1. The van der Waals surface area contributed by atoms with Gasteiger partial charge in [0.2, 0.25) is 5.82 Å². The lowest BCUT2D eigenvalue weighted by Crippen LogP contribution is -2.55. The van der Waals surface area contributed by atoms with Gasteiger partial charge in [0.15, 0.2) is 24.2 Å². The van der Waals surface area contributed by atoms with Crippen molar-refractivity contribution < 1.29 is 23.7 Å². The summed E-state index contributed by atoms with van der Waals surface area (Å²) >= 11 is 0. The molecule has 1 aromatic carbocycles. The maximum atomic E-state index is 13.9. The van der Waals surface area contributed by atoms with E-state index in [-0.39, 0.29) is 12.0 Å². The fraction of sp³-hybridized carbons (Fsp3) is 0.538. The standard InChI is InChI=1S/C26H32N5O4/c1-15-10-20(29(5)28-15)24-27-23(25(32)30-8-9-33-14-26(30,3)4)18-7-6-17-11-21-22(12-19(17)31(18)24)35-16(2)13-34-21/h11-12,16H,6-10,13-14H2,1-5H3/q+1. The number of rotatable bonds is 2. The zero-order valence-corrected chi connectivity index (χ0v) is 21.1. The van der Waals surface area contributed by atoms with Gasteiger partial charge in [0, 0.05) is 12.6 Å². The van der Waals surface area contributed by atoms with Crippen LogP contribution in [0.15, 0.2) is 17.2 Å². The van der Waals surface area contributed by atoms with E-state index in [4.69, 9.17) is 19.2 Å². The molecule has 5 heterocycles. The Morgan fingerprint density at radius 1 is 1.23 bits per heavy atom. The van der Waals surface area contributed by atoms with Crippen molar-refractivity contribution in [3.05, 3.63) is 34.9 Å². The third kappa shape index (κ3) is 3.55. The van der Waals surface area contributed by atoms with Gasteiger partial charge in [-0.3, -0.25) is 9.36 Å². The van der Waals surface area contributed by atoms with Gasteiger partial charge in [0.25, 0.3) is 11.6 Å². The normalized spacial score (nSPS) is 22.6. The van der Waals surface area contributed by atoms with Crippen molar-refractivity contribution in [2.75, 3.05) is 33.4 Å². The number of hydrogen-bond acceptors (Lipinski definition) is 6. The van der Waals surface area contributed by atoms with Crippen LogP contribution in [-0.4, -0.2) is 81.5 Å². The highest BCUT2D eigenvalue weighted by Gasteiger charge is 2.40. The van der Waals surface area contributed by atoms with E-state index in [9.17, 15) is 4.79 Å². The summed E-state index contributed by atoms with van der Waals surface area (Å²) in [7, 11) is 1.94. The number of ether oxygens (including phenoxy) is 3. The number of carbonyl (C=O) groups is 1. The first-order valence-corrected chi connectivity index (χ1v) is 12.3. The topological polar surface area (TPSA) is 81.2 Å². The van der Waals surface area contributed by atoms with Crippen LogP contribution in [0.25, 0.3) is 5.69 Å². The van der Waals surface area contributed by atoms with E-state index in [0.29, 0.717) is 38.5 Å². The molecule has 4 aliphatic heterocycles. The molecule has 184 valence electrons. The zero-order chi connectivity index (χ0) is 24.5. The van der Waals surface area contributed by atoms with Gasteiger partial charge >= 0.3 is 0 Å². The zero-order valence-electron chi connectivity index (χ0n) is 21.1. The molecule has 6 rings (SSSR count). The number of amides is 1. The fourth-order valence-corrected chi connectivity index (χ4v) is 5.52. The molecule has 1 fully saturated rings. The minimum Gasteiger partial charge on any atom is -0.486 e. The van der Waals surface area contributed by atoms with Crippen LogP contribution in [0, 0.1) is 0 Å². The SMILES string of the molecule is CC1=N[N+](C)=C(c2nc(C(=O)N3CCOCC3(C)C)c3n2-c2cc4c(cc2CC3)OCC(C)O4)C1. The summed E-state index contributed by atoms with van der Waals surface area (Å²) in [5, 5.41) is 4.60. The molecule has 1 amide bonds. The third-order valence-electron chi connectivity index (χ3n) is 7.28. The molecule has 0 aliphatic carbocycles. The largest absolute Gasteiger partial charge is 0.486 e. The molecule has 0 saturated carbocycles. The molecule has 35 heavy (non-hydrogen) atoms. The Balaban J connectivity index is 1.53. The maximum Gasteiger partial charge on any atom is 0.274 e. The van der Waals surface area contributed by atoms with Crippen LogP contribution in [0.5, 0.6) is 11.5 Å². The molecule has 0 N–H and O–H groups in total.